The van der Waals surface area contributed by atoms with Gasteiger partial charge < -0.3 is 9.47 Å². The molecule has 0 aliphatic carbocycles. The van der Waals surface area contributed by atoms with Crippen LogP contribution in [-0.2, 0) is 14.8 Å². The van der Waals surface area contributed by atoms with Crippen LogP contribution < -0.4 is 4.74 Å². The molecule has 1 heterocycles. The molecular weight excluding hydrogens is 438 g/mol. The topological polar surface area (TPSA) is 130 Å². The van der Waals surface area contributed by atoms with Crippen LogP contribution in [0.25, 0.3) is 10.9 Å². The average Bonchev–Trinajstić information content (AvgIpc) is 3.08. The van der Waals surface area contributed by atoms with Gasteiger partial charge in [0.2, 0.25) is 0 Å². The molecule has 0 N–H and O–H groups in total. The van der Waals surface area contributed by atoms with Gasteiger partial charge in [-0.2, -0.15) is 12.8 Å². The van der Waals surface area contributed by atoms with Crippen LogP contribution in [0.2, 0.25) is 0 Å². The highest BCUT2D eigenvalue weighted by molar-refractivity contribution is 7.90. The molecule has 3 rings (SSSR count). The number of sulfonamides is 1. The number of aromatic nitrogens is 1. The maximum Gasteiger partial charge on any atom is 0.419 e. The van der Waals surface area contributed by atoms with Gasteiger partial charge in [0.1, 0.15) is 11.4 Å². The van der Waals surface area contributed by atoms with Gasteiger partial charge >= 0.3 is 6.09 Å². The number of nitrogens with zero attached hydrogens (tertiary/aromatic N) is 3. The number of fused-ring (bicyclic) bond motifs is 1. The predicted octanol–water partition coefficient (Wildman–Crippen LogP) is 4.15. The molecule has 0 amide bonds. The van der Waals surface area contributed by atoms with E-state index in [1.807, 2.05) is 0 Å². The lowest BCUT2D eigenvalue weighted by molar-refractivity contribution is -0.387. The first-order chi connectivity index (χ1) is 14.9. The van der Waals surface area contributed by atoms with Crippen LogP contribution in [0.3, 0.4) is 0 Å². The molecule has 11 heteroatoms. The summed E-state index contributed by atoms with van der Waals surface area (Å²) in [5, 5.41) is 11.8. The number of carbonyl (C=O) groups is 1. The number of carbonyl (C=O) groups excluding carboxylic acids is 1. The Morgan fingerprint density at radius 3 is 2.47 bits per heavy atom. The molecule has 0 bridgehead atoms. The van der Waals surface area contributed by atoms with Crippen LogP contribution in [-0.4, -0.2) is 42.9 Å². The van der Waals surface area contributed by atoms with Crippen molar-refractivity contribution >= 4 is 38.9 Å². The van der Waals surface area contributed by atoms with E-state index in [2.05, 4.69) is 4.40 Å². The summed E-state index contributed by atoms with van der Waals surface area (Å²) in [6.07, 6.45) is 0.216. The molecule has 32 heavy (non-hydrogen) atoms. The van der Waals surface area contributed by atoms with Gasteiger partial charge in [-0.1, -0.05) is 12.1 Å². The maximum absolute atomic E-state index is 12.9. The summed E-state index contributed by atoms with van der Waals surface area (Å²) in [6, 6.07) is 11.4. The number of hydrogen-bond donors (Lipinski definition) is 0. The Bertz CT molecular complexity index is 1340. The second-order valence-corrected chi connectivity index (χ2v) is 9.34. The minimum atomic E-state index is -4.42. The molecule has 0 spiro atoms. The third kappa shape index (κ3) is 4.78. The van der Waals surface area contributed by atoms with E-state index in [1.165, 1.54) is 23.8 Å². The fourth-order valence-electron chi connectivity index (χ4n) is 2.94. The van der Waals surface area contributed by atoms with Crippen LogP contribution in [0.1, 0.15) is 26.5 Å². The van der Waals surface area contributed by atoms with Crippen molar-refractivity contribution in [2.24, 2.45) is 4.40 Å². The molecule has 0 aliphatic rings. The first kappa shape index (κ1) is 22.9. The van der Waals surface area contributed by atoms with Crippen molar-refractivity contribution in [2.75, 3.05) is 7.11 Å². The van der Waals surface area contributed by atoms with E-state index in [4.69, 9.17) is 9.47 Å². The van der Waals surface area contributed by atoms with Crippen molar-refractivity contribution in [3.05, 3.63) is 64.3 Å². The lowest BCUT2D eigenvalue weighted by Gasteiger charge is -2.20. The molecule has 0 radical (unpaired) electrons. The Kier molecular flexibility index (Phi) is 6.04. The molecule has 0 unspecified atom stereocenters. The van der Waals surface area contributed by atoms with Gasteiger partial charge in [-0.25, -0.2) is 9.36 Å². The SMILES string of the molecule is COc1ccc2cc(/C=N/S(=O)(=O)c3ccccc3[N+](=O)[O-])n(C(=O)OC(C)(C)C)c2c1. The molecule has 0 atom stereocenters. The van der Waals surface area contributed by atoms with Crippen molar-refractivity contribution in [3.63, 3.8) is 0 Å². The summed E-state index contributed by atoms with van der Waals surface area (Å²) in [5.74, 6) is 0.483. The predicted molar refractivity (Wildman–Crippen MR) is 118 cm³/mol. The van der Waals surface area contributed by atoms with E-state index in [1.54, 1.807) is 45.0 Å². The van der Waals surface area contributed by atoms with E-state index >= 15 is 0 Å². The number of benzene rings is 2. The van der Waals surface area contributed by atoms with E-state index in [0.717, 1.165) is 18.3 Å². The fraction of sp³-hybridized carbons (Fsp3) is 0.238. The first-order valence-corrected chi connectivity index (χ1v) is 10.8. The zero-order valence-electron chi connectivity index (χ0n) is 17.8. The smallest absolute Gasteiger partial charge is 0.419 e. The Morgan fingerprint density at radius 2 is 1.84 bits per heavy atom. The summed E-state index contributed by atoms with van der Waals surface area (Å²) in [5.41, 5.74) is -0.868. The highest BCUT2D eigenvalue weighted by atomic mass is 32.2. The van der Waals surface area contributed by atoms with Gasteiger partial charge in [-0.05, 0) is 45.0 Å². The quantitative estimate of drug-likeness (QED) is 0.318. The molecule has 3 aromatic rings. The summed E-state index contributed by atoms with van der Waals surface area (Å²) < 4.78 is 40.9. The first-order valence-electron chi connectivity index (χ1n) is 9.39. The highest BCUT2D eigenvalue weighted by Crippen LogP contribution is 2.27. The number of ether oxygens (including phenoxy) is 2. The van der Waals surface area contributed by atoms with Crippen LogP contribution in [0, 0.1) is 10.1 Å². The normalized spacial score (nSPS) is 12.2. The molecule has 0 saturated carbocycles. The third-order valence-electron chi connectivity index (χ3n) is 4.28. The number of para-hydroxylation sites is 1. The summed E-state index contributed by atoms with van der Waals surface area (Å²) in [4.78, 5) is 22.7. The summed E-state index contributed by atoms with van der Waals surface area (Å²) in [6.45, 7) is 5.10. The van der Waals surface area contributed by atoms with Gasteiger partial charge in [0, 0.05) is 17.5 Å². The molecule has 168 valence electrons. The molecule has 1 aromatic heterocycles. The van der Waals surface area contributed by atoms with Crippen LogP contribution >= 0.6 is 0 Å². The number of hydrogen-bond acceptors (Lipinski definition) is 7. The van der Waals surface area contributed by atoms with Crippen molar-refractivity contribution in [2.45, 2.75) is 31.3 Å². The molecule has 0 saturated heterocycles. The minimum Gasteiger partial charge on any atom is -0.497 e. The largest absolute Gasteiger partial charge is 0.497 e. The average molecular weight is 459 g/mol. The van der Waals surface area contributed by atoms with Crippen LogP contribution in [0.5, 0.6) is 5.75 Å². The van der Waals surface area contributed by atoms with Crippen molar-refractivity contribution in [3.8, 4) is 5.75 Å². The van der Waals surface area contributed by atoms with Crippen LogP contribution in [0.4, 0.5) is 10.5 Å². The zero-order valence-corrected chi connectivity index (χ0v) is 18.6. The zero-order chi connectivity index (χ0) is 23.7. The molecular formula is C21H21N3O7S. The molecule has 0 aliphatic heterocycles. The van der Waals surface area contributed by atoms with Crippen LogP contribution in [0.15, 0.2) is 57.8 Å². The van der Waals surface area contributed by atoms with Gasteiger partial charge in [0.25, 0.3) is 15.7 Å². The van der Waals surface area contributed by atoms with E-state index in [-0.39, 0.29) is 5.69 Å². The number of rotatable bonds is 5. The minimum absolute atomic E-state index is 0.115. The van der Waals surface area contributed by atoms with Gasteiger partial charge in [0.15, 0.2) is 4.90 Å². The Hall–Kier alpha value is -3.73. The number of nitro groups is 1. The van der Waals surface area contributed by atoms with Gasteiger partial charge in [-0.3, -0.25) is 10.1 Å². The highest BCUT2D eigenvalue weighted by Gasteiger charge is 2.25. The second kappa shape index (κ2) is 8.42. The Labute approximate surface area is 184 Å². The maximum atomic E-state index is 12.9. The van der Waals surface area contributed by atoms with E-state index in [0.29, 0.717) is 16.7 Å². The molecule has 2 aromatic carbocycles. The van der Waals surface area contributed by atoms with Gasteiger partial charge in [-0.15, -0.1) is 0 Å². The summed E-state index contributed by atoms with van der Waals surface area (Å²) in [7, 11) is -2.95. The Balaban J connectivity index is 2.14. The lowest BCUT2D eigenvalue weighted by atomic mass is 10.2. The number of methoxy groups -OCH3 is 1. The van der Waals surface area contributed by atoms with Crippen molar-refractivity contribution in [1.29, 1.82) is 0 Å². The molecule has 0 fully saturated rings. The van der Waals surface area contributed by atoms with Crippen molar-refractivity contribution in [1.82, 2.24) is 4.57 Å². The lowest BCUT2D eigenvalue weighted by Crippen LogP contribution is -2.28. The monoisotopic (exact) mass is 459 g/mol. The summed E-state index contributed by atoms with van der Waals surface area (Å²) >= 11 is 0. The van der Waals surface area contributed by atoms with E-state index < -0.39 is 37.2 Å². The van der Waals surface area contributed by atoms with Crippen molar-refractivity contribution < 1.29 is 27.6 Å². The molecule has 10 nitrogen and oxygen atoms in total. The third-order valence-corrected chi connectivity index (χ3v) is 5.56. The second-order valence-electron chi connectivity index (χ2n) is 7.74. The number of nitro benzene ring substituents is 1. The Morgan fingerprint density at radius 1 is 1.16 bits per heavy atom. The van der Waals surface area contributed by atoms with E-state index in [9.17, 15) is 23.3 Å². The fourth-order valence-corrected chi connectivity index (χ4v) is 3.96. The standard InChI is InChI=1S/C21H21N3O7S/c1-21(2,3)31-20(25)23-15(11-14-9-10-16(30-4)12-18(14)23)13-22-32(28,29)19-8-6-5-7-17(19)24(26)27/h5-13H,1-4H3/b22-13+. The van der Waals surface area contributed by atoms with Gasteiger partial charge in [0.05, 0.1) is 29.5 Å².